The lowest BCUT2D eigenvalue weighted by Gasteiger charge is -2.33. The summed E-state index contributed by atoms with van der Waals surface area (Å²) >= 11 is 0. The molecule has 3 aromatic rings. The Morgan fingerprint density at radius 2 is 1.67 bits per heavy atom. The van der Waals surface area contributed by atoms with Gasteiger partial charge in [-0.25, -0.2) is 0 Å². The number of hydrogen-bond donors (Lipinski definition) is 2. The van der Waals surface area contributed by atoms with Crippen molar-refractivity contribution in [1.82, 2.24) is 10.2 Å². The second-order valence-corrected chi connectivity index (χ2v) is 8.95. The third-order valence-corrected chi connectivity index (χ3v) is 6.37. The first-order valence-corrected chi connectivity index (χ1v) is 11.1. The van der Waals surface area contributed by atoms with Crippen LogP contribution in [0, 0.1) is 17.8 Å². The normalized spacial score (nSPS) is 22.0. The van der Waals surface area contributed by atoms with E-state index in [0.29, 0.717) is 30.9 Å². The van der Waals surface area contributed by atoms with Crippen molar-refractivity contribution in [3.63, 3.8) is 0 Å². The highest BCUT2D eigenvalue weighted by Gasteiger charge is 2.49. The van der Waals surface area contributed by atoms with Crippen molar-refractivity contribution < 1.29 is 9.59 Å². The van der Waals surface area contributed by atoms with Gasteiger partial charge in [-0.15, -0.1) is 0 Å². The highest BCUT2D eigenvalue weighted by Crippen LogP contribution is 2.33. The number of hydrogen-bond acceptors (Lipinski definition) is 3. The summed E-state index contributed by atoms with van der Waals surface area (Å²) in [6, 6.07) is 25.2. The van der Waals surface area contributed by atoms with E-state index in [1.54, 1.807) is 18.2 Å². The number of para-hydroxylation sites is 1. The summed E-state index contributed by atoms with van der Waals surface area (Å²) < 4.78 is 0. The van der Waals surface area contributed by atoms with Crippen molar-refractivity contribution in [2.75, 3.05) is 18.4 Å². The fourth-order valence-electron chi connectivity index (χ4n) is 4.73. The molecule has 5 heteroatoms. The van der Waals surface area contributed by atoms with E-state index in [0.717, 1.165) is 16.7 Å². The van der Waals surface area contributed by atoms with E-state index in [1.165, 1.54) is 0 Å². The maximum Gasteiger partial charge on any atom is 0.253 e. The van der Waals surface area contributed by atoms with Gasteiger partial charge in [0.1, 0.15) is 0 Å². The van der Waals surface area contributed by atoms with Crippen LogP contribution in [-0.2, 0) is 11.3 Å². The molecule has 0 aliphatic carbocycles. The molecule has 0 radical (unpaired) electrons. The van der Waals surface area contributed by atoms with Crippen molar-refractivity contribution in [1.29, 1.82) is 0 Å². The summed E-state index contributed by atoms with van der Waals surface area (Å²) in [6.07, 6.45) is 0. The molecule has 2 heterocycles. The standard InChI is InChI=1S/C28H25N3O2/c1-28-19-31(17-22-11-7-10-21(16-22)15-14-20-8-3-2-4-9-20)18-24(28)27(33)29-25-13-6-5-12-23(25)26(32)30-28/h2-13,16,24H,17-19H2,1H3,(H,29,33)(H,30,32)/t24-,28-/m0/s1. The number of anilines is 1. The van der Waals surface area contributed by atoms with E-state index in [4.69, 9.17) is 0 Å². The van der Waals surface area contributed by atoms with Crippen LogP contribution in [0.5, 0.6) is 0 Å². The Balaban J connectivity index is 1.34. The highest BCUT2D eigenvalue weighted by atomic mass is 16.2. The Bertz CT molecular complexity index is 1270. The third kappa shape index (κ3) is 4.39. The first-order valence-electron chi connectivity index (χ1n) is 11.1. The molecule has 33 heavy (non-hydrogen) atoms. The SMILES string of the molecule is C[C@]12CN(Cc3cccc(C#Cc4ccccc4)c3)C[C@H]1C(=O)Nc1ccccc1C(=O)N2. The molecular formula is C28H25N3O2. The lowest BCUT2D eigenvalue weighted by Crippen LogP contribution is -2.56. The minimum absolute atomic E-state index is 0.0603. The van der Waals surface area contributed by atoms with Crippen molar-refractivity contribution in [2.24, 2.45) is 5.92 Å². The van der Waals surface area contributed by atoms with Crippen LogP contribution >= 0.6 is 0 Å². The summed E-state index contributed by atoms with van der Waals surface area (Å²) in [5.41, 5.74) is 3.48. The Kier molecular flexibility index (Phi) is 5.45. The molecule has 5 rings (SSSR count). The lowest BCUT2D eigenvalue weighted by atomic mass is 9.86. The Labute approximate surface area is 193 Å². The van der Waals surface area contributed by atoms with E-state index in [-0.39, 0.29) is 17.7 Å². The summed E-state index contributed by atoms with van der Waals surface area (Å²) in [5, 5.41) is 6.12. The molecule has 1 fully saturated rings. The minimum atomic E-state index is -0.639. The van der Waals surface area contributed by atoms with Crippen LogP contribution < -0.4 is 10.6 Å². The third-order valence-electron chi connectivity index (χ3n) is 6.37. The van der Waals surface area contributed by atoms with Gasteiger partial charge >= 0.3 is 0 Å². The molecule has 2 aliphatic rings. The predicted octanol–water partition coefficient (Wildman–Crippen LogP) is 3.66. The average Bonchev–Trinajstić information content (AvgIpc) is 3.13. The van der Waals surface area contributed by atoms with Crippen molar-refractivity contribution in [3.8, 4) is 11.8 Å². The predicted molar refractivity (Wildman–Crippen MR) is 129 cm³/mol. The maximum absolute atomic E-state index is 13.1. The number of carbonyl (C=O) groups is 2. The van der Waals surface area contributed by atoms with Gasteiger partial charge < -0.3 is 10.6 Å². The molecule has 164 valence electrons. The first-order chi connectivity index (χ1) is 16.0. The van der Waals surface area contributed by atoms with E-state index in [2.05, 4.69) is 39.5 Å². The monoisotopic (exact) mass is 435 g/mol. The average molecular weight is 436 g/mol. The quantitative estimate of drug-likeness (QED) is 0.604. The second kappa shape index (κ2) is 8.57. The van der Waals surface area contributed by atoms with Gasteiger partial charge in [0, 0.05) is 30.8 Å². The van der Waals surface area contributed by atoms with Crippen LogP contribution in [0.1, 0.15) is 34.0 Å². The summed E-state index contributed by atoms with van der Waals surface area (Å²) in [4.78, 5) is 28.2. The zero-order valence-corrected chi connectivity index (χ0v) is 18.5. The number of benzene rings is 3. The zero-order valence-electron chi connectivity index (χ0n) is 18.5. The van der Waals surface area contributed by atoms with Crippen LogP contribution in [0.25, 0.3) is 0 Å². The van der Waals surface area contributed by atoms with Crippen LogP contribution in [-0.4, -0.2) is 35.3 Å². The van der Waals surface area contributed by atoms with Crippen LogP contribution in [0.15, 0.2) is 78.9 Å². The Morgan fingerprint density at radius 1 is 0.939 bits per heavy atom. The molecule has 1 saturated heterocycles. The van der Waals surface area contributed by atoms with E-state index < -0.39 is 5.54 Å². The molecule has 2 atom stereocenters. The number of nitrogens with zero attached hydrogens (tertiary/aromatic N) is 1. The molecule has 2 aliphatic heterocycles. The van der Waals surface area contributed by atoms with Gasteiger partial charge in [0.25, 0.3) is 5.91 Å². The van der Waals surface area contributed by atoms with Gasteiger partial charge in [-0.2, -0.15) is 0 Å². The Morgan fingerprint density at radius 3 is 2.52 bits per heavy atom. The second-order valence-electron chi connectivity index (χ2n) is 8.95. The summed E-state index contributed by atoms with van der Waals surface area (Å²) in [7, 11) is 0. The Hall–Kier alpha value is -3.88. The molecular weight excluding hydrogens is 410 g/mol. The molecule has 2 N–H and O–H groups in total. The van der Waals surface area contributed by atoms with Crippen LogP contribution in [0.4, 0.5) is 5.69 Å². The maximum atomic E-state index is 13.1. The van der Waals surface area contributed by atoms with E-state index in [9.17, 15) is 9.59 Å². The van der Waals surface area contributed by atoms with Crippen molar-refractivity contribution >= 4 is 17.5 Å². The number of fused-ring (bicyclic) bond motifs is 2. The van der Waals surface area contributed by atoms with Crippen LogP contribution in [0.3, 0.4) is 0 Å². The first kappa shape index (κ1) is 21.0. The molecule has 0 saturated carbocycles. The number of amides is 2. The smallest absolute Gasteiger partial charge is 0.253 e. The fourth-order valence-corrected chi connectivity index (χ4v) is 4.73. The van der Waals surface area contributed by atoms with Gasteiger partial charge in [-0.05, 0) is 48.9 Å². The fraction of sp³-hybridized carbons (Fsp3) is 0.214. The van der Waals surface area contributed by atoms with Crippen LogP contribution in [0.2, 0.25) is 0 Å². The molecule has 0 unspecified atom stereocenters. The van der Waals surface area contributed by atoms with Gasteiger partial charge in [0.2, 0.25) is 5.91 Å². The number of rotatable bonds is 2. The molecule has 2 amide bonds. The van der Waals surface area contributed by atoms with Gasteiger partial charge in [0.15, 0.2) is 0 Å². The molecule has 5 nitrogen and oxygen atoms in total. The number of nitrogens with one attached hydrogen (secondary N) is 2. The zero-order chi connectivity index (χ0) is 22.8. The summed E-state index contributed by atoms with van der Waals surface area (Å²) in [6.45, 7) is 3.82. The largest absolute Gasteiger partial charge is 0.345 e. The lowest BCUT2D eigenvalue weighted by molar-refractivity contribution is -0.121. The van der Waals surface area contributed by atoms with Gasteiger partial charge in [-0.3, -0.25) is 14.5 Å². The number of likely N-dealkylation sites (tertiary alicyclic amines) is 1. The van der Waals surface area contributed by atoms with Gasteiger partial charge in [0.05, 0.1) is 22.7 Å². The van der Waals surface area contributed by atoms with Crippen molar-refractivity contribution in [3.05, 3.63) is 101 Å². The molecule has 3 aromatic carbocycles. The minimum Gasteiger partial charge on any atom is -0.345 e. The number of carbonyl (C=O) groups excluding carboxylic acids is 2. The highest BCUT2D eigenvalue weighted by molar-refractivity contribution is 6.06. The van der Waals surface area contributed by atoms with Gasteiger partial charge in [-0.1, -0.05) is 54.3 Å². The van der Waals surface area contributed by atoms with E-state index >= 15 is 0 Å². The summed E-state index contributed by atoms with van der Waals surface area (Å²) in [5.74, 6) is 5.88. The molecule has 0 spiro atoms. The molecule has 0 aromatic heterocycles. The molecule has 0 bridgehead atoms. The topological polar surface area (TPSA) is 61.4 Å². The van der Waals surface area contributed by atoms with Crippen molar-refractivity contribution in [2.45, 2.75) is 19.0 Å². The van der Waals surface area contributed by atoms with E-state index in [1.807, 2.05) is 55.5 Å².